The van der Waals surface area contributed by atoms with Crippen molar-refractivity contribution >= 4 is 28.8 Å². The van der Waals surface area contributed by atoms with E-state index < -0.39 is 0 Å². The molecule has 29 heavy (non-hydrogen) atoms. The van der Waals surface area contributed by atoms with Crippen molar-refractivity contribution in [1.29, 1.82) is 0 Å². The molecule has 4 nitrogen and oxygen atoms in total. The summed E-state index contributed by atoms with van der Waals surface area (Å²) in [5.41, 5.74) is 4.47. The van der Waals surface area contributed by atoms with E-state index in [0.717, 1.165) is 34.5 Å². The van der Waals surface area contributed by atoms with Gasteiger partial charge in [0.1, 0.15) is 0 Å². The van der Waals surface area contributed by atoms with Crippen molar-refractivity contribution in [2.75, 3.05) is 18.9 Å². The SMILES string of the molecule is Cc1cccc(C)c1NC(=O)CN(C)C(=O)c1cc2c(s1)CC[C@H](C(C)(C)C)C2. The second-order valence-electron chi connectivity index (χ2n) is 9.34. The Labute approximate surface area is 178 Å². The molecule has 1 aromatic heterocycles. The van der Waals surface area contributed by atoms with Crippen LogP contribution in [0.3, 0.4) is 0 Å². The monoisotopic (exact) mass is 412 g/mol. The Morgan fingerprint density at radius 3 is 2.48 bits per heavy atom. The van der Waals surface area contributed by atoms with Crippen LogP contribution < -0.4 is 5.32 Å². The molecule has 1 N–H and O–H groups in total. The molecule has 1 aromatic carbocycles. The highest BCUT2D eigenvalue weighted by Gasteiger charge is 2.31. The average Bonchev–Trinajstić information content (AvgIpc) is 3.06. The van der Waals surface area contributed by atoms with Crippen molar-refractivity contribution in [3.63, 3.8) is 0 Å². The van der Waals surface area contributed by atoms with Gasteiger partial charge in [-0.25, -0.2) is 0 Å². The number of thiophene rings is 1. The molecule has 0 spiro atoms. The van der Waals surface area contributed by atoms with Gasteiger partial charge in [-0.15, -0.1) is 11.3 Å². The van der Waals surface area contributed by atoms with Crippen LogP contribution in [0, 0.1) is 25.2 Å². The van der Waals surface area contributed by atoms with Crippen LogP contribution in [0.25, 0.3) is 0 Å². The van der Waals surface area contributed by atoms with Crippen LogP contribution >= 0.6 is 11.3 Å². The van der Waals surface area contributed by atoms with Crippen molar-refractivity contribution in [2.24, 2.45) is 11.3 Å². The van der Waals surface area contributed by atoms with Gasteiger partial charge in [-0.3, -0.25) is 9.59 Å². The highest BCUT2D eigenvalue weighted by atomic mass is 32.1. The topological polar surface area (TPSA) is 49.4 Å². The second kappa shape index (κ2) is 8.31. The van der Waals surface area contributed by atoms with Crippen molar-refractivity contribution in [3.8, 4) is 0 Å². The summed E-state index contributed by atoms with van der Waals surface area (Å²) in [6.45, 7) is 10.9. The third-order valence-electron chi connectivity index (χ3n) is 5.99. The summed E-state index contributed by atoms with van der Waals surface area (Å²) in [4.78, 5) is 29.0. The summed E-state index contributed by atoms with van der Waals surface area (Å²) in [6.07, 6.45) is 3.27. The summed E-state index contributed by atoms with van der Waals surface area (Å²) in [7, 11) is 1.70. The minimum Gasteiger partial charge on any atom is -0.332 e. The number of rotatable bonds is 4. The summed E-state index contributed by atoms with van der Waals surface area (Å²) < 4.78 is 0. The highest BCUT2D eigenvalue weighted by Crippen LogP contribution is 2.40. The molecule has 0 bridgehead atoms. The van der Waals surface area contributed by atoms with Gasteiger partial charge in [0.05, 0.1) is 11.4 Å². The van der Waals surface area contributed by atoms with Crippen LogP contribution in [0.15, 0.2) is 24.3 Å². The second-order valence-corrected chi connectivity index (χ2v) is 10.5. The fourth-order valence-corrected chi connectivity index (χ4v) is 5.24. The summed E-state index contributed by atoms with van der Waals surface area (Å²) in [5.74, 6) is 0.397. The lowest BCUT2D eigenvalue weighted by atomic mass is 9.72. The number of nitrogens with zero attached hydrogens (tertiary/aromatic N) is 1. The number of hydrogen-bond acceptors (Lipinski definition) is 3. The predicted molar refractivity (Wildman–Crippen MR) is 121 cm³/mol. The maximum Gasteiger partial charge on any atom is 0.264 e. The minimum atomic E-state index is -0.174. The number of likely N-dealkylation sites (N-methyl/N-ethyl adjacent to an activating group) is 1. The van der Waals surface area contributed by atoms with Crippen molar-refractivity contribution in [3.05, 3.63) is 50.7 Å². The van der Waals surface area contributed by atoms with Crippen molar-refractivity contribution < 1.29 is 9.59 Å². The van der Waals surface area contributed by atoms with Gasteiger partial charge >= 0.3 is 0 Å². The Balaban J connectivity index is 1.65. The maximum atomic E-state index is 12.9. The maximum absolute atomic E-state index is 12.9. The van der Waals surface area contributed by atoms with Crippen LogP contribution in [0.4, 0.5) is 5.69 Å². The number of hydrogen-bond donors (Lipinski definition) is 1. The van der Waals surface area contributed by atoms with Crippen LogP contribution in [0.2, 0.25) is 0 Å². The molecule has 1 heterocycles. The predicted octanol–water partition coefficient (Wildman–Crippen LogP) is 5.23. The van der Waals surface area contributed by atoms with Gasteiger partial charge in [-0.1, -0.05) is 39.0 Å². The van der Waals surface area contributed by atoms with E-state index in [1.807, 2.05) is 32.0 Å². The number of anilines is 1. The molecule has 1 aliphatic carbocycles. The number of carbonyl (C=O) groups excluding carboxylic acids is 2. The largest absolute Gasteiger partial charge is 0.332 e. The first-order chi connectivity index (χ1) is 13.6. The molecule has 0 saturated heterocycles. The van der Waals surface area contributed by atoms with Crippen molar-refractivity contribution in [1.82, 2.24) is 4.90 Å². The van der Waals surface area contributed by atoms with Crippen LogP contribution in [0.5, 0.6) is 0 Å². The molecular weight excluding hydrogens is 380 g/mol. The molecule has 0 saturated carbocycles. The van der Waals surface area contributed by atoms with Crippen LogP contribution in [0.1, 0.15) is 58.4 Å². The molecule has 0 radical (unpaired) electrons. The number of benzene rings is 1. The Morgan fingerprint density at radius 1 is 1.21 bits per heavy atom. The van der Waals surface area contributed by atoms with E-state index in [1.165, 1.54) is 21.8 Å². The molecule has 3 rings (SSSR count). The standard InChI is InChI=1S/C24H32N2O2S/c1-15-8-7-9-16(2)22(15)25-21(27)14-26(6)23(28)20-13-17-12-18(24(3,4)5)10-11-19(17)29-20/h7-9,13,18H,10-12,14H2,1-6H3,(H,25,27)/t18-/m0/s1. The molecular formula is C24H32N2O2S. The molecule has 0 aliphatic heterocycles. The first kappa shape index (κ1) is 21.6. The number of amides is 2. The lowest BCUT2D eigenvalue weighted by Gasteiger charge is -2.33. The van der Waals surface area contributed by atoms with Gasteiger partial charge < -0.3 is 10.2 Å². The quantitative estimate of drug-likeness (QED) is 0.748. The number of nitrogens with one attached hydrogen (secondary N) is 1. The Kier molecular flexibility index (Phi) is 6.18. The van der Waals surface area contributed by atoms with Gasteiger partial charge in [0.15, 0.2) is 0 Å². The zero-order chi connectivity index (χ0) is 21.3. The van der Waals surface area contributed by atoms with Crippen LogP contribution in [-0.4, -0.2) is 30.3 Å². The lowest BCUT2D eigenvalue weighted by molar-refractivity contribution is -0.116. The number of aryl methyl sites for hydroxylation is 3. The van der Waals surface area contributed by atoms with E-state index in [1.54, 1.807) is 18.4 Å². The molecule has 0 unspecified atom stereocenters. The third-order valence-corrected chi connectivity index (χ3v) is 7.22. The number of fused-ring (bicyclic) bond motifs is 1. The number of para-hydroxylation sites is 1. The van der Waals surface area contributed by atoms with E-state index in [0.29, 0.717) is 5.92 Å². The van der Waals surface area contributed by atoms with E-state index in [4.69, 9.17) is 0 Å². The van der Waals surface area contributed by atoms with Crippen LogP contribution in [-0.2, 0) is 17.6 Å². The number of carbonyl (C=O) groups is 2. The average molecular weight is 413 g/mol. The normalized spacial score (nSPS) is 16.3. The Morgan fingerprint density at radius 2 is 1.86 bits per heavy atom. The molecule has 0 fully saturated rings. The highest BCUT2D eigenvalue weighted by molar-refractivity contribution is 7.14. The molecule has 2 amide bonds. The zero-order valence-electron chi connectivity index (χ0n) is 18.4. The Bertz CT molecular complexity index is 903. The third kappa shape index (κ3) is 4.89. The van der Waals surface area contributed by atoms with E-state index in [9.17, 15) is 9.59 Å². The van der Waals surface area contributed by atoms with E-state index in [2.05, 4.69) is 32.2 Å². The smallest absolute Gasteiger partial charge is 0.264 e. The Hall–Kier alpha value is -2.14. The molecule has 5 heteroatoms. The van der Waals surface area contributed by atoms with Crippen molar-refractivity contribution in [2.45, 2.75) is 53.9 Å². The molecule has 2 aromatic rings. The lowest BCUT2D eigenvalue weighted by Crippen LogP contribution is -2.34. The van der Waals surface area contributed by atoms with Gasteiger partial charge in [-0.05, 0) is 67.2 Å². The molecule has 1 aliphatic rings. The molecule has 1 atom stereocenters. The van der Waals surface area contributed by atoms with Gasteiger partial charge in [0.2, 0.25) is 5.91 Å². The fraction of sp³-hybridized carbons (Fsp3) is 0.500. The summed E-state index contributed by atoms with van der Waals surface area (Å²) in [6, 6.07) is 7.97. The van der Waals surface area contributed by atoms with Gasteiger partial charge in [0, 0.05) is 17.6 Å². The van der Waals surface area contributed by atoms with E-state index >= 15 is 0 Å². The summed E-state index contributed by atoms with van der Waals surface area (Å²) >= 11 is 1.60. The molecule has 156 valence electrons. The first-order valence-corrected chi connectivity index (χ1v) is 11.1. The van der Waals surface area contributed by atoms with E-state index in [-0.39, 0.29) is 23.8 Å². The van der Waals surface area contributed by atoms with Gasteiger partial charge in [0.25, 0.3) is 5.91 Å². The minimum absolute atomic E-state index is 0.0415. The summed E-state index contributed by atoms with van der Waals surface area (Å²) in [5, 5.41) is 2.96. The zero-order valence-corrected chi connectivity index (χ0v) is 19.2. The first-order valence-electron chi connectivity index (χ1n) is 10.3. The fourth-order valence-electron chi connectivity index (χ4n) is 4.03. The van der Waals surface area contributed by atoms with Gasteiger partial charge in [-0.2, -0.15) is 0 Å².